The number of ether oxygens (including phenoxy) is 1. The molecule has 0 spiro atoms. The predicted octanol–water partition coefficient (Wildman–Crippen LogP) is 3.38. The zero-order valence-electron chi connectivity index (χ0n) is 11.0. The number of allylic oxidation sites excluding steroid dienone is 1. The summed E-state index contributed by atoms with van der Waals surface area (Å²) in [6.07, 6.45) is 3.70. The number of piperidine rings is 1. The highest BCUT2D eigenvalue weighted by Crippen LogP contribution is 2.18. The van der Waals surface area contributed by atoms with Crippen molar-refractivity contribution < 1.29 is 9.53 Å². The molecule has 0 aromatic heterocycles. The summed E-state index contributed by atoms with van der Waals surface area (Å²) in [5.41, 5.74) is 3.83. The number of nitrogens with zero attached hydrogens (tertiary/aromatic N) is 1. The van der Waals surface area contributed by atoms with Crippen molar-refractivity contribution in [3.8, 4) is 0 Å². The van der Waals surface area contributed by atoms with Crippen LogP contribution in [-0.2, 0) is 11.3 Å². The number of amides is 1. The van der Waals surface area contributed by atoms with Crippen LogP contribution >= 0.6 is 0 Å². The summed E-state index contributed by atoms with van der Waals surface area (Å²) in [5.74, 6) is 0.496. The Balaban J connectivity index is 1.77. The van der Waals surface area contributed by atoms with Gasteiger partial charge in [0.25, 0.3) is 0 Å². The standard InChI is InChI=1S/C16H19NO2/c1-2-6-14-9-11-17(12-10-14)16(18)19-13-15-7-4-3-5-8-15/h3-8,14H,1,9-13H2. The van der Waals surface area contributed by atoms with Gasteiger partial charge in [-0.2, -0.15) is 0 Å². The highest BCUT2D eigenvalue weighted by molar-refractivity contribution is 5.67. The van der Waals surface area contributed by atoms with E-state index in [4.69, 9.17) is 4.74 Å². The van der Waals surface area contributed by atoms with E-state index in [1.54, 1.807) is 4.90 Å². The van der Waals surface area contributed by atoms with Crippen molar-refractivity contribution in [1.29, 1.82) is 0 Å². The van der Waals surface area contributed by atoms with Crippen molar-refractivity contribution >= 4 is 6.09 Å². The van der Waals surface area contributed by atoms with E-state index >= 15 is 0 Å². The van der Waals surface area contributed by atoms with Gasteiger partial charge in [0.05, 0.1) is 0 Å². The molecule has 0 atom stereocenters. The van der Waals surface area contributed by atoms with Crippen LogP contribution < -0.4 is 0 Å². The number of likely N-dealkylation sites (tertiary alicyclic amines) is 1. The lowest BCUT2D eigenvalue weighted by Gasteiger charge is -2.29. The highest BCUT2D eigenvalue weighted by Gasteiger charge is 2.22. The Hall–Kier alpha value is -1.99. The average Bonchev–Trinajstić information content (AvgIpc) is 2.47. The van der Waals surface area contributed by atoms with Crippen LogP contribution in [-0.4, -0.2) is 24.1 Å². The Bertz CT molecular complexity index is 455. The smallest absolute Gasteiger partial charge is 0.410 e. The van der Waals surface area contributed by atoms with Crippen molar-refractivity contribution in [2.75, 3.05) is 13.1 Å². The van der Waals surface area contributed by atoms with E-state index in [2.05, 4.69) is 12.3 Å². The second kappa shape index (κ2) is 6.81. The molecular weight excluding hydrogens is 238 g/mol. The molecule has 1 aliphatic heterocycles. The quantitative estimate of drug-likeness (QED) is 0.777. The zero-order valence-corrected chi connectivity index (χ0v) is 11.0. The van der Waals surface area contributed by atoms with Crippen LogP contribution in [0.4, 0.5) is 4.79 Å². The number of carbonyl (C=O) groups excluding carboxylic acids is 1. The molecule has 0 aliphatic carbocycles. The maximum Gasteiger partial charge on any atom is 0.410 e. The molecule has 3 nitrogen and oxygen atoms in total. The van der Waals surface area contributed by atoms with Gasteiger partial charge in [-0.3, -0.25) is 0 Å². The summed E-state index contributed by atoms with van der Waals surface area (Å²) in [6.45, 7) is 5.42. The van der Waals surface area contributed by atoms with Crippen LogP contribution in [0.15, 0.2) is 48.7 Å². The van der Waals surface area contributed by atoms with Gasteiger partial charge in [-0.25, -0.2) is 4.79 Å². The molecule has 3 heteroatoms. The second-order valence-electron chi connectivity index (χ2n) is 4.74. The Labute approximate surface area is 114 Å². The maximum atomic E-state index is 11.9. The van der Waals surface area contributed by atoms with Gasteiger partial charge in [0, 0.05) is 13.1 Å². The lowest BCUT2D eigenvalue weighted by Crippen LogP contribution is -2.38. The van der Waals surface area contributed by atoms with Gasteiger partial charge in [0.15, 0.2) is 0 Å². The molecule has 0 unspecified atom stereocenters. The minimum atomic E-state index is -0.218. The molecule has 1 aromatic rings. The van der Waals surface area contributed by atoms with Gasteiger partial charge in [-0.1, -0.05) is 36.9 Å². The van der Waals surface area contributed by atoms with Crippen LogP contribution in [0.5, 0.6) is 0 Å². The maximum absolute atomic E-state index is 11.9. The topological polar surface area (TPSA) is 29.5 Å². The van der Waals surface area contributed by atoms with E-state index in [1.165, 1.54) is 0 Å². The first-order valence-electron chi connectivity index (χ1n) is 6.61. The summed E-state index contributed by atoms with van der Waals surface area (Å²) in [6, 6.07) is 9.73. The van der Waals surface area contributed by atoms with Crippen LogP contribution in [0.1, 0.15) is 18.4 Å². The molecule has 0 saturated carbocycles. The molecule has 100 valence electrons. The molecule has 19 heavy (non-hydrogen) atoms. The fraction of sp³-hybridized carbons (Fsp3) is 0.375. The molecule has 1 aromatic carbocycles. The Morgan fingerprint density at radius 1 is 1.37 bits per heavy atom. The van der Waals surface area contributed by atoms with E-state index < -0.39 is 0 Å². The molecule has 1 aliphatic rings. The molecular formula is C16H19NO2. The van der Waals surface area contributed by atoms with Gasteiger partial charge in [-0.05, 0) is 30.4 Å². The highest BCUT2D eigenvalue weighted by atomic mass is 16.6. The van der Waals surface area contributed by atoms with E-state index in [-0.39, 0.29) is 6.09 Å². The van der Waals surface area contributed by atoms with E-state index in [0.717, 1.165) is 31.5 Å². The Morgan fingerprint density at radius 3 is 2.68 bits per heavy atom. The lowest BCUT2D eigenvalue weighted by atomic mass is 9.97. The van der Waals surface area contributed by atoms with Crippen LogP contribution in [0.3, 0.4) is 0 Å². The SMILES string of the molecule is C=C=CC1CCN(C(=O)OCc2ccccc2)CC1. The van der Waals surface area contributed by atoms with Crippen molar-refractivity contribution in [2.24, 2.45) is 5.92 Å². The van der Waals surface area contributed by atoms with Crippen LogP contribution in [0.25, 0.3) is 0 Å². The largest absolute Gasteiger partial charge is 0.445 e. The molecule has 0 radical (unpaired) electrons. The fourth-order valence-corrected chi connectivity index (χ4v) is 2.23. The number of hydrogen-bond acceptors (Lipinski definition) is 2. The Kier molecular flexibility index (Phi) is 4.82. The monoisotopic (exact) mass is 257 g/mol. The first-order valence-corrected chi connectivity index (χ1v) is 6.61. The lowest BCUT2D eigenvalue weighted by molar-refractivity contribution is 0.0855. The summed E-state index contributed by atoms with van der Waals surface area (Å²) in [5, 5.41) is 0. The molecule has 1 fully saturated rings. The zero-order chi connectivity index (χ0) is 13.5. The number of benzene rings is 1. The van der Waals surface area contributed by atoms with Gasteiger partial charge in [0.1, 0.15) is 6.61 Å². The average molecular weight is 257 g/mol. The van der Waals surface area contributed by atoms with Crippen molar-refractivity contribution in [3.63, 3.8) is 0 Å². The Morgan fingerprint density at radius 2 is 2.05 bits per heavy atom. The number of rotatable bonds is 3. The molecule has 0 bridgehead atoms. The van der Waals surface area contributed by atoms with Crippen LogP contribution in [0.2, 0.25) is 0 Å². The molecule has 1 saturated heterocycles. The molecule has 2 rings (SSSR count). The fourth-order valence-electron chi connectivity index (χ4n) is 2.23. The first-order chi connectivity index (χ1) is 9.29. The third kappa shape index (κ3) is 4.01. The van der Waals surface area contributed by atoms with Crippen molar-refractivity contribution in [2.45, 2.75) is 19.4 Å². The summed E-state index contributed by atoms with van der Waals surface area (Å²) in [4.78, 5) is 13.7. The summed E-state index contributed by atoms with van der Waals surface area (Å²) >= 11 is 0. The number of hydrogen-bond donors (Lipinski definition) is 0. The molecule has 1 amide bonds. The summed E-state index contributed by atoms with van der Waals surface area (Å²) in [7, 11) is 0. The van der Waals surface area contributed by atoms with Gasteiger partial charge in [0.2, 0.25) is 0 Å². The van der Waals surface area contributed by atoms with Crippen molar-refractivity contribution in [3.05, 3.63) is 54.3 Å². The third-order valence-electron chi connectivity index (χ3n) is 3.36. The van der Waals surface area contributed by atoms with Gasteiger partial charge >= 0.3 is 6.09 Å². The van der Waals surface area contributed by atoms with E-state index in [9.17, 15) is 4.79 Å². The normalized spacial score (nSPS) is 15.7. The van der Waals surface area contributed by atoms with E-state index in [0.29, 0.717) is 12.5 Å². The van der Waals surface area contributed by atoms with Gasteiger partial charge in [-0.15, -0.1) is 5.73 Å². The number of carbonyl (C=O) groups is 1. The van der Waals surface area contributed by atoms with Gasteiger partial charge < -0.3 is 9.64 Å². The summed E-state index contributed by atoms with van der Waals surface area (Å²) < 4.78 is 5.31. The van der Waals surface area contributed by atoms with Crippen molar-refractivity contribution in [1.82, 2.24) is 4.90 Å². The van der Waals surface area contributed by atoms with Crippen LogP contribution in [0, 0.1) is 5.92 Å². The first kappa shape index (κ1) is 13.4. The predicted molar refractivity (Wildman–Crippen MR) is 74.6 cm³/mol. The minimum absolute atomic E-state index is 0.218. The van der Waals surface area contributed by atoms with E-state index in [1.807, 2.05) is 36.4 Å². The second-order valence-corrected chi connectivity index (χ2v) is 4.74. The minimum Gasteiger partial charge on any atom is -0.445 e. The molecule has 0 N–H and O–H groups in total. The third-order valence-corrected chi connectivity index (χ3v) is 3.36. The molecule has 1 heterocycles.